The Morgan fingerprint density at radius 3 is 2.58 bits per heavy atom. The van der Waals surface area contributed by atoms with Gasteiger partial charge in [0, 0.05) is 17.3 Å². The number of rotatable bonds is 5. The number of aryl methyl sites for hydroxylation is 1. The highest BCUT2D eigenvalue weighted by molar-refractivity contribution is 6.36. The van der Waals surface area contributed by atoms with Crippen LogP contribution in [0.2, 0.25) is 10.0 Å². The lowest BCUT2D eigenvalue weighted by Gasteiger charge is -2.15. The van der Waals surface area contributed by atoms with Crippen LogP contribution < -0.4 is 10.9 Å². The zero-order valence-electron chi connectivity index (χ0n) is 14.0. The van der Waals surface area contributed by atoms with Crippen molar-refractivity contribution in [3.63, 3.8) is 0 Å². The maximum absolute atomic E-state index is 12.7. The molecule has 1 amide bonds. The summed E-state index contributed by atoms with van der Waals surface area (Å²) >= 11 is 12.0. The van der Waals surface area contributed by atoms with Gasteiger partial charge in [0.2, 0.25) is 0 Å². The van der Waals surface area contributed by atoms with E-state index in [0.717, 1.165) is 24.1 Å². The van der Waals surface area contributed by atoms with Crippen molar-refractivity contribution in [2.24, 2.45) is 0 Å². The summed E-state index contributed by atoms with van der Waals surface area (Å²) in [5, 5.41) is 3.36. The lowest BCUT2D eigenvalue weighted by atomic mass is 10.1. The molecule has 1 N–H and O–H groups in total. The summed E-state index contributed by atoms with van der Waals surface area (Å²) in [6.45, 7) is 6.52. The second-order valence-electron chi connectivity index (χ2n) is 5.72. The summed E-state index contributed by atoms with van der Waals surface area (Å²) in [4.78, 5) is 25.1. The van der Waals surface area contributed by atoms with Crippen LogP contribution in [0.25, 0.3) is 0 Å². The number of nitrogens with one attached hydrogen (secondary N) is 1. The van der Waals surface area contributed by atoms with E-state index in [0.29, 0.717) is 11.6 Å². The van der Waals surface area contributed by atoms with E-state index >= 15 is 0 Å². The van der Waals surface area contributed by atoms with Crippen LogP contribution in [0.15, 0.2) is 29.1 Å². The van der Waals surface area contributed by atoms with Crippen LogP contribution in [0.5, 0.6) is 0 Å². The number of hydrogen-bond acceptors (Lipinski definition) is 2. The largest absolute Gasteiger partial charge is 0.317 e. The van der Waals surface area contributed by atoms with Crippen molar-refractivity contribution in [2.45, 2.75) is 40.2 Å². The van der Waals surface area contributed by atoms with E-state index in [1.165, 1.54) is 6.07 Å². The molecule has 0 fully saturated rings. The number of hydrogen-bond donors (Lipinski definition) is 1. The third kappa shape index (κ3) is 4.00. The predicted molar refractivity (Wildman–Crippen MR) is 99.5 cm³/mol. The standard InChI is InChI=1S/C18H20Cl2N2O2/c1-4-5-8-22-12(3)11(2)9-16(18(22)24)21-17(23)14-10-13(19)6-7-15(14)20/h6-7,9-10H,4-5,8H2,1-3H3,(H,21,23). The fourth-order valence-electron chi connectivity index (χ4n) is 2.43. The van der Waals surface area contributed by atoms with Gasteiger partial charge in [-0.05, 0) is 50.1 Å². The second kappa shape index (κ2) is 7.86. The van der Waals surface area contributed by atoms with Crippen LogP contribution in [-0.2, 0) is 6.54 Å². The molecular weight excluding hydrogens is 347 g/mol. The molecule has 0 radical (unpaired) electrons. The number of carbonyl (C=O) groups is 1. The number of nitrogens with zero attached hydrogens (tertiary/aromatic N) is 1. The molecule has 0 spiro atoms. The Labute approximate surface area is 151 Å². The number of unbranched alkanes of at least 4 members (excludes halogenated alkanes) is 1. The molecule has 6 heteroatoms. The van der Waals surface area contributed by atoms with E-state index in [1.54, 1.807) is 22.8 Å². The maximum atomic E-state index is 12.7. The molecule has 0 aliphatic carbocycles. The number of benzene rings is 1. The Bertz CT molecular complexity index is 828. The average Bonchev–Trinajstić information content (AvgIpc) is 2.54. The summed E-state index contributed by atoms with van der Waals surface area (Å²) in [5.41, 5.74) is 2.13. The van der Waals surface area contributed by atoms with Crippen molar-refractivity contribution < 1.29 is 4.79 Å². The minimum atomic E-state index is -0.454. The highest BCUT2D eigenvalue weighted by Gasteiger charge is 2.15. The Hall–Kier alpha value is -1.78. The van der Waals surface area contributed by atoms with Crippen LogP contribution in [0.4, 0.5) is 5.69 Å². The topological polar surface area (TPSA) is 51.1 Å². The van der Waals surface area contributed by atoms with Gasteiger partial charge in [0.05, 0.1) is 10.6 Å². The molecule has 0 saturated heterocycles. The first-order chi connectivity index (χ1) is 11.3. The molecule has 0 atom stereocenters. The predicted octanol–water partition coefficient (Wildman–Crippen LogP) is 4.82. The van der Waals surface area contributed by atoms with Crippen molar-refractivity contribution in [2.75, 3.05) is 5.32 Å². The molecule has 4 nitrogen and oxygen atoms in total. The normalized spacial score (nSPS) is 10.7. The Kier molecular flexibility index (Phi) is 6.08. The molecule has 0 unspecified atom stereocenters. The molecule has 0 saturated carbocycles. The monoisotopic (exact) mass is 366 g/mol. The van der Waals surface area contributed by atoms with Crippen LogP contribution >= 0.6 is 23.2 Å². The van der Waals surface area contributed by atoms with Crippen LogP contribution in [0.3, 0.4) is 0 Å². The maximum Gasteiger partial charge on any atom is 0.274 e. The van der Waals surface area contributed by atoms with Crippen LogP contribution in [-0.4, -0.2) is 10.5 Å². The molecule has 2 rings (SSSR count). The number of amides is 1. The number of carbonyl (C=O) groups excluding carboxylic acids is 1. The molecule has 24 heavy (non-hydrogen) atoms. The number of anilines is 1. The van der Waals surface area contributed by atoms with Gasteiger partial charge in [0.15, 0.2) is 0 Å². The van der Waals surface area contributed by atoms with E-state index in [2.05, 4.69) is 12.2 Å². The SMILES string of the molecule is CCCCn1c(C)c(C)cc(NC(=O)c2cc(Cl)ccc2Cl)c1=O. The van der Waals surface area contributed by atoms with Crippen molar-refractivity contribution in [3.8, 4) is 0 Å². The van der Waals surface area contributed by atoms with Crippen molar-refractivity contribution >= 4 is 34.8 Å². The van der Waals surface area contributed by atoms with Gasteiger partial charge in [0.1, 0.15) is 5.69 Å². The highest BCUT2D eigenvalue weighted by Crippen LogP contribution is 2.21. The number of halogens is 2. The fraction of sp³-hybridized carbons (Fsp3) is 0.333. The fourth-order valence-corrected chi connectivity index (χ4v) is 2.80. The molecular formula is C18H20Cl2N2O2. The van der Waals surface area contributed by atoms with Gasteiger partial charge in [-0.3, -0.25) is 9.59 Å². The summed E-state index contributed by atoms with van der Waals surface area (Å²) in [5.74, 6) is -0.454. The summed E-state index contributed by atoms with van der Waals surface area (Å²) < 4.78 is 1.70. The zero-order chi connectivity index (χ0) is 17.9. The first-order valence-electron chi connectivity index (χ1n) is 7.82. The van der Waals surface area contributed by atoms with Crippen molar-refractivity contribution in [3.05, 3.63) is 61.5 Å². The van der Waals surface area contributed by atoms with Gasteiger partial charge in [-0.2, -0.15) is 0 Å². The quantitative estimate of drug-likeness (QED) is 0.823. The van der Waals surface area contributed by atoms with Crippen molar-refractivity contribution in [1.29, 1.82) is 0 Å². The van der Waals surface area contributed by atoms with Crippen molar-refractivity contribution in [1.82, 2.24) is 4.57 Å². The first kappa shape index (κ1) is 18.6. The van der Waals surface area contributed by atoms with E-state index in [4.69, 9.17) is 23.2 Å². The van der Waals surface area contributed by atoms with E-state index in [1.807, 2.05) is 13.8 Å². The molecule has 1 aromatic carbocycles. The van der Waals surface area contributed by atoms with Gasteiger partial charge in [-0.25, -0.2) is 0 Å². The molecule has 0 bridgehead atoms. The van der Waals surface area contributed by atoms with Gasteiger partial charge >= 0.3 is 0 Å². The number of aromatic nitrogens is 1. The average molecular weight is 367 g/mol. The molecule has 1 heterocycles. The number of pyridine rings is 1. The molecule has 128 valence electrons. The molecule has 0 aliphatic heterocycles. The molecule has 0 aliphatic rings. The van der Waals surface area contributed by atoms with E-state index < -0.39 is 5.91 Å². The molecule has 1 aromatic heterocycles. The Morgan fingerprint density at radius 2 is 1.92 bits per heavy atom. The summed E-state index contributed by atoms with van der Waals surface area (Å²) in [6, 6.07) is 6.33. The first-order valence-corrected chi connectivity index (χ1v) is 8.58. The van der Waals surface area contributed by atoms with Gasteiger partial charge < -0.3 is 9.88 Å². The van der Waals surface area contributed by atoms with Crippen LogP contribution in [0, 0.1) is 13.8 Å². The minimum Gasteiger partial charge on any atom is -0.317 e. The Morgan fingerprint density at radius 1 is 1.21 bits per heavy atom. The summed E-state index contributed by atoms with van der Waals surface area (Å²) in [7, 11) is 0. The van der Waals surface area contributed by atoms with Gasteiger partial charge in [-0.1, -0.05) is 36.5 Å². The third-order valence-corrected chi connectivity index (χ3v) is 4.53. The lowest BCUT2D eigenvalue weighted by Crippen LogP contribution is -2.28. The Balaban J connectivity index is 2.39. The minimum absolute atomic E-state index is 0.210. The highest BCUT2D eigenvalue weighted by atomic mass is 35.5. The van der Waals surface area contributed by atoms with E-state index in [9.17, 15) is 9.59 Å². The second-order valence-corrected chi connectivity index (χ2v) is 6.56. The third-order valence-electron chi connectivity index (χ3n) is 3.97. The van der Waals surface area contributed by atoms with Gasteiger partial charge in [-0.15, -0.1) is 0 Å². The van der Waals surface area contributed by atoms with Gasteiger partial charge in [0.25, 0.3) is 11.5 Å². The van der Waals surface area contributed by atoms with Crippen LogP contribution in [0.1, 0.15) is 41.4 Å². The van der Waals surface area contributed by atoms with E-state index in [-0.39, 0.29) is 21.8 Å². The lowest BCUT2D eigenvalue weighted by molar-refractivity contribution is 0.102. The smallest absolute Gasteiger partial charge is 0.274 e. The summed E-state index contributed by atoms with van der Waals surface area (Å²) in [6.07, 6.45) is 1.89. The zero-order valence-corrected chi connectivity index (χ0v) is 15.5. The molecule has 2 aromatic rings.